The molecule has 3 aromatic rings. The van der Waals surface area contributed by atoms with Gasteiger partial charge in [-0.3, -0.25) is 0 Å². The van der Waals surface area contributed by atoms with Gasteiger partial charge in [0.05, 0.1) is 4.90 Å². The van der Waals surface area contributed by atoms with E-state index in [1.807, 2.05) is 6.92 Å². The monoisotopic (exact) mass is 387 g/mol. The SMILES string of the molecule is Cc1ccc(S(=O)(=O)N[C@@H](C)C(=O)Oc2ccc3ccc(=O)oc3c2)cc1. The quantitative estimate of drug-likeness (QED) is 0.410. The van der Waals surface area contributed by atoms with E-state index in [4.69, 9.17) is 9.15 Å². The second-order valence-electron chi connectivity index (χ2n) is 6.03. The maximum Gasteiger partial charge on any atom is 0.336 e. The number of hydrogen-bond donors (Lipinski definition) is 1. The zero-order valence-corrected chi connectivity index (χ0v) is 15.4. The van der Waals surface area contributed by atoms with Crippen LogP contribution >= 0.6 is 0 Å². The first kappa shape index (κ1) is 18.8. The van der Waals surface area contributed by atoms with Crippen LogP contribution in [0.2, 0.25) is 0 Å². The third kappa shape index (κ3) is 4.42. The lowest BCUT2D eigenvalue weighted by atomic mass is 10.2. The maximum absolute atomic E-state index is 12.4. The summed E-state index contributed by atoms with van der Waals surface area (Å²) < 4.78 is 37.2. The van der Waals surface area contributed by atoms with Crippen LogP contribution in [0.25, 0.3) is 11.0 Å². The third-order valence-electron chi connectivity index (χ3n) is 3.83. The molecule has 0 bridgehead atoms. The molecule has 2 aromatic carbocycles. The molecular formula is C19H17NO6S. The fraction of sp³-hybridized carbons (Fsp3) is 0.158. The number of aryl methyl sites for hydroxylation is 1. The number of esters is 1. The van der Waals surface area contributed by atoms with E-state index in [0.717, 1.165) is 5.56 Å². The molecule has 140 valence electrons. The van der Waals surface area contributed by atoms with Gasteiger partial charge in [0, 0.05) is 17.5 Å². The highest BCUT2D eigenvalue weighted by Crippen LogP contribution is 2.20. The molecule has 0 unspecified atom stereocenters. The molecule has 0 saturated heterocycles. The van der Waals surface area contributed by atoms with Crippen LogP contribution in [0.3, 0.4) is 0 Å². The molecule has 0 aliphatic heterocycles. The number of carbonyl (C=O) groups excluding carboxylic acids is 1. The Morgan fingerprint density at radius 1 is 1.07 bits per heavy atom. The van der Waals surface area contributed by atoms with E-state index in [-0.39, 0.29) is 16.2 Å². The van der Waals surface area contributed by atoms with Crippen molar-refractivity contribution in [1.82, 2.24) is 4.72 Å². The summed E-state index contributed by atoms with van der Waals surface area (Å²) in [6.07, 6.45) is 0. The number of ether oxygens (including phenoxy) is 1. The van der Waals surface area contributed by atoms with Crippen molar-refractivity contribution in [3.63, 3.8) is 0 Å². The fourth-order valence-corrected chi connectivity index (χ4v) is 3.57. The van der Waals surface area contributed by atoms with Gasteiger partial charge in [0.2, 0.25) is 10.0 Å². The van der Waals surface area contributed by atoms with Crippen LogP contribution in [-0.2, 0) is 14.8 Å². The number of sulfonamides is 1. The second kappa shape index (κ2) is 7.34. The van der Waals surface area contributed by atoms with Gasteiger partial charge in [-0.05, 0) is 44.2 Å². The van der Waals surface area contributed by atoms with E-state index in [9.17, 15) is 18.0 Å². The average molecular weight is 387 g/mol. The van der Waals surface area contributed by atoms with Crippen molar-refractivity contribution in [3.8, 4) is 5.75 Å². The lowest BCUT2D eigenvalue weighted by Crippen LogP contribution is -2.40. The average Bonchev–Trinajstić information content (AvgIpc) is 2.61. The highest BCUT2D eigenvalue weighted by Gasteiger charge is 2.23. The van der Waals surface area contributed by atoms with Crippen molar-refractivity contribution in [2.24, 2.45) is 0 Å². The molecule has 7 nitrogen and oxygen atoms in total. The lowest BCUT2D eigenvalue weighted by Gasteiger charge is -2.14. The highest BCUT2D eigenvalue weighted by molar-refractivity contribution is 7.89. The van der Waals surface area contributed by atoms with Gasteiger partial charge in [0.25, 0.3) is 0 Å². The molecule has 27 heavy (non-hydrogen) atoms. The summed E-state index contributed by atoms with van der Waals surface area (Å²) in [5, 5.41) is 0.669. The molecule has 1 N–H and O–H groups in total. The minimum Gasteiger partial charge on any atom is -0.425 e. The van der Waals surface area contributed by atoms with Gasteiger partial charge in [0.15, 0.2) is 0 Å². The van der Waals surface area contributed by atoms with Crippen molar-refractivity contribution in [3.05, 3.63) is 70.6 Å². The summed E-state index contributed by atoms with van der Waals surface area (Å²) >= 11 is 0. The Morgan fingerprint density at radius 2 is 1.74 bits per heavy atom. The second-order valence-corrected chi connectivity index (χ2v) is 7.75. The molecule has 1 atom stereocenters. The van der Waals surface area contributed by atoms with E-state index in [1.165, 1.54) is 37.3 Å². The summed E-state index contributed by atoms with van der Waals surface area (Å²) in [4.78, 5) is 23.6. The van der Waals surface area contributed by atoms with Crippen molar-refractivity contribution < 1.29 is 22.4 Å². The first-order valence-corrected chi connectivity index (χ1v) is 9.57. The predicted octanol–water partition coefficient (Wildman–Crippen LogP) is 2.37. The van der Waals surface area contributed by atoms with E-state index in [1.54, 1.807) is 24.3 Å². The number of carbonyl (C=O) groups is 1. The highest BCUT2D eigenvalue weighted by atomic mass is 32.2. The minimum atomic E-state index is -3.86. The van der Waals surface area contributed by atoms with Crippen molar-refractivity contribution >= 4 is 27.0 Å². The molecule has 1 aromatic heterocycles. The normalized spacial score (nSPS) is 12.7. The molecular weight excluding hydrogens is 370 g/mol. The molecule has 0 aliphatic rings. The van der Waals surface area contributed by atoms with E-state index < -0.39 is 27.7 Å². The largest absolute Gasteiger partial charge is 0.425 e. The van der Waals surface area contributed by atoms with Crippen LogP contribution in [0.5, 0.6) is 5.75 Å². The Balaban J connectivity index is 1.73. The molecule has 8 heteroatoms. The molecule has 0 aliphatic carbocycles. The molecule has 3 rings (SSSR count). The van der Waals surface area contributed by atoms with Crippen molar-refractivity contribution in [1.29, 1.82) is 0 Å². The van der Waals surface area contributed by atoms with Crippen LogP contribution < -0.4 is 15.1 Å². The number of nitrogens with one attached hydrogen (secondary N) is 1. The molecule has 0 radical (unpaired) electrons. The lowest BCUT2D eigenvalue weighted by molar-refractivity contribution is -0.135. The van der Waals surface area contributed by atoms with Crippen LogP contribution in [0, 0.1) is 6.92 Å². The first-order chi connectivity index (χ1) is 12.7. The zero-order valence-electron chi connectivity index (χ0n) is 14.6. The number of fused-ring (bicyclic) bond motifs is 1. The molecule has 0 saturated carbocycles. The first-order valence-electron chi connectivity index (χ1n) is 8.09. The van der Waals surface area contributed by atoms with Gasteiger partial charge in [0.1, 0.15) is 17.4 Å². The number of hydrogen-bond acceptors (Lipinski definition) is 6. The standard InChI is InChI=1S/C19H17NO6S/c1-12-3-8-16(9-4-12)27(23,24)20-13(2)19(22)25-15-7-5-14-6-10-18(21)26-17(14)11-15/h3-11,13,20H,1-2H3/t13-/m0/s1. The number of rotatable bonds is 5. The van der Waals surface area contributed by atoms with Gasteiger partial charge in [-0.2, -0.15) is 4.72 Å². The Morgan fingerprint density at radius 3 is 2.44 bits per heavy atom. The molecule has 0 fully saturated rings. The summed E-state index contributed by atoms with van der Waals surface area (Å²) in [5.41, 5.74) is 0.662. The smallest absolute Gasteiger partial charge is 0.336 e. The van der Waals surface area contributed by atoms with Crippen molar-refractivity contribution in [2.45, 2.75) is 24.8 Å². The zero-order chi connectivity index (χ0) is 19.6. The van der Waals surface area contributed by atoms with Crippen LogP contribution in [-0.4, -0.2) is 20.4 Å². The fourth-order valence-electron chi connectivity index (χ4n) is 2.38. The van der Waals surface area contributed by atoms with Gasteiger partial charge >= 0.3 is 11.6 Å². The van der Waals surface area contributed by atoms with Gasteiger partial charge in [-0.25, -0.2) is 18.0 Å². The Hall–Kier alpha value is -2.97. The van der Waals surface area contributed by atoms with Crippen LogP contribution in [0.15, 0.2) is 68.7 Å². The summed E-state index contributed by atoms with van der Waals surface area (Å²) in [6.45, 7) is 3.23. The van der Waals surface area contributed by atoms with Gasteiger partial charge < -0.3 is 9.15 Å². The summed E-state index contributed by atoms with van der Waals surface area (Å²) in [6, 6.07) is 12.6. The Kier molecular flexibility index (Phi) is 5.11. The van der Waals surface area contributed by atoms with Gasteiger partial charge in [-0.1, -0.05) is 17.7 Å². The summed E-state index contributed by atoms with van der Waals surface area (Å²) in [7, 11) is -3.86. The minimum absolute atomic E-state index is 0.0558. The van der Waals surface area contributed by atoms with E-state index >= 15 is 0 Å². The van der Waals surface area contributed by atoms with Crippen LogP contribution in [0.4, 0.5) is 0 Å². The topological polar surface area (TPSA) is 103 Å². The molecule has 0 spiro atoms. The van der Waals surface area contributed by atoms with E-state index in [2.05, 4.69) is 4.72 Å². The van der Waals surface area contributed by atoms with Crippen LogP contribution in [0.1, 0.15) is 12.5 Å². The van der Waals surface area contributed by atoms with Crippen molar-refractivity contribution in [2.75, 3.05) is 0 Å². The number of benzene rings is 2. The maximum atomic E-state index is 12.4. The Bertz CT molecular complexity index is 1150. The van der Waals surface area contributed by atoms with Gasteiger partial charge in [-0.15, -0.1) is 0 Å². The summed E-state index contributed by atoms with van der Waals surface area (Å²) in [5.74, 6) is -0.647. The molecule has 1 heterocycles. The predicted molar refractivity (Wildman–Crippen MR) is 99.1 cm³/mol. The Labute approximate surface area is 155 Å². The van der Waals surface area contributed by atoms with E-state index in [0.29, 0.717) is 5.39 Å². The third-order valence-corrected chi connectivity index (χ3v) is 5.39. The molecule has 0 amide bonds.